The molecule has 3 heterocycles. The molecule has 0 spiro atoms. The van der Waals surface area contributed by atoms with Gasteiger partial charge in [0.25, 0.3) is 5.56 Å². The molecule has 1 aliphatic rings. The molecule has 6 nitrogen and oxygen atoms in total. The van der Waals surface area contributed by atoms with Crippen LogP contribution in [0.1, 0.15) is 36.8 Å². The monoisotopic (exact) mass is 552 g/mol. The molecular weight excluding hydrogens is 531 g/mol. The van der Waals surface area contributed by atoms with Crippen molar-refractivity contribution in [1.82, 2.24) is 4.57 Å². The Morgan fingerprint density at radius 1 is 1.11 bits per heavy atom. The number of nitrogens with zero attached hydrogens (tertiary/aromatic N) is 2. The maximum Gasteiger partial charge on any atom is 0.338 e. The predicted molar refractivity (Wildman–Crippen MR) is 146 cm³/mol. The van der Waals surface area contributed by atoms with Crippen molar-refractivity contribution in [2.45, 2.75) is 26.8 Å². The van der Waals surface area contributed by atoms with E-state index in [4.69, 9.17) is 32.4 Å². The maximum absolute atomic E-state index is 13.7. The van der Waals surface area contributed by atoms with E-state index in [1.165, 1.54) is 15.9 Å². The van der Waals surface area contributed by atoms with Crippen LogP contribution in [0, 0.1) is 6.92 Å². The van der Waals surface area contributed by atoms with Gasteiger partial charge in [0.2, 0.25) is 0 Å². The molecule has 1 atom stereocenters. The van der Waals surface area contributed by atoms with Crippen LogP contribution in [0.4, 0.5) is 0 Å². The second-order valence-electron chi connectivity index (χ2n) is 8.52. The van der Waals surface area contributed by atoms with Gasteiger partial charge in [-0.05, 0) is 68.3 Å². The number of benzene rings is 2. The van der Waals surface area contributed by atoms with E-state index in [0.29, 0.717) is 42.2 Å². The lowest BCUT2D eigenvalue weighted by Crippen LogP contribution is -2.39. The van der Waals surface area contributed by atoms with Gasteiger partial charge in [0, 0.05) is 21.7 Å². The van der Waals surface area contributed by atoms with Gasteiger partial charge in [-0.3, -0.25) is 9.36 Å². The van der Waals surface area contributed by atoms with E-state index in [-0.39, 0.29) is 12.2 Å². The molecule has 0 aliphatic carbocycles. The molecule has 37 heavy (non-hydrogen) atoms. The van der Waals surface area contributed by atoms with E-state index < -0.39 is 12.0 Å². The highest BCUT2D eigenvalue weighted by Crippen LogP contribution is 2.32. The Bertz CT molecular complexity index is 1730. The molecule has 0 unspecified atom stereocenters. The summed E-state index contributed by atoms with van der Waals surface area (Å²) in [6, 6.07) is 15.6. The highest BCUT2D eigenvalue weighted by Gasteiger charge is 2.33. The molecule has 0 amide bonds. The van der Waals surface area contributed by atoms with Crippen LogP contribution >= 0.6 is 34.5 Å². The van der Waals surface area contributed by atoms with Crippen LogP contribution in [-0.2, 0) is 9.53 Å². The summed E-state index contributed by atoms with van der Waals surface area (Å²) in [5.74, 6) is 0.660. The Labute approximate surface area is 226 Å². The number of aromatic nitrogens is 1. The number of esters is 1. The largest absolute Gasteiger partial charge is 0.463 e. The molecule has 2 aromatic carbocycles. The normalized spacial score (nSPS) is 15.5. The van der Waals surface area contributed by atoms with Crippen molar-refractivity contribution in [3.8, 4) is 11.3 Å². The first kappa shape index (κ1) is 25.3. The Balaban J connectivity index is 1.64. The number of allylic oxidation sites excluding steroid dienone is 1. The number of aryl methyl sites for hydroxylation is 1. The fourth-order valence-corrected chi connectivity index (χ4v) is 5.64. The Morgan fingerprint density at radius 2 is 1.84 bits per heavy atom. The van der Waals surface area contributed by atoms with Crippen molar-refractivity contribution in [1.29, 1.82) is 0 Å². The van der Waals surface area contributed by atoms with Gasteiger partial charge in [-0.25, -0.2) is 9.79 Å². The number of thiazole rings is 1. The maximum atomic E-state index is 13.7. The molecule has 5 rings (SSSR count). The van der Waals surface area contributed by atoms with Crippen molar-refractivity contribution < 1.29 is 13.9 Å². The van der Waals surface area contributed by atoms with Crippen molar-refractivity contribution in [2.24, 2.45) is 4.99 Å². The van der Waals surface area contributed by atoms with E-state index in [2.05, 4.69) is 4.99 Å². The third kappa shape index (κ3) is 4.82. The lowest BCUT2D eigenvalue weighted by Gasteiger charge is -2.24. The number of carbonyl (C=O) groups is 1. The minimum absolute atomic E-state index is 0.209. The number of halogens is 2. The minimum atomic E-state index is -0.698. The van der Waals surface area contributed by atoms with Crippen LogP contribution < -0.4 is 14.9 Å². The fraction of sp³-hybridized carbons (Fsp3) is 0.179. The first-order valence-corrected chi connectivity index (χ1v) is 13.2. The molecule has 188 valence electrons. The molecule has 4 aromatic rings. The lowest BCUT2D eigenvalue weighted by atomic mass is 9.96. The number of furan rings is 1. The number of ether oxygens (including phenoxy) is 1. The van der Waals surface area contributed by atoms with Crippen LogP contribution in [0.25, 0.3) is 17.4 Å². The summed E-state index contributed by atoms with van der Waals surface area (Å²) in [5.41, 5.74) is 3.17. The van der Waals surface area contributed by atoms with Gasteiger partial charge in [0.15, 0.2) is 4.80 Å². The van der Waals surface area contributed by atoms with Crippen LogP contribution in [0.15, 0.2) is 80.1 Å². The molecule has 0 bridgehead atoms. The number of rotatable bonds is 5. The van der Waals surface area contributed by atoms with Crippen LogP contribution in [-0.4, -0.2) is 17.1 Å². The minimum Gasteiger partial charge on any atom is -0.463 e. The fourth-order valence-electron chi connectivity index (χ4n) is 4.32. The number of hydrogen-bond donors (Lipinski definition) is 0. The summed E-state index contributed by atoms with van der Waals surface area (Å²) in [7, 11) is 0. The van der Waals surface area contributed by atoms with Gasteiger partial charge in [-0.2, -0.15) is 0 Å². The third-order valence-corrected chi connectivity index (χ3v) is 7.54. The third-order valence-electron chi connectivity index (χ3n) is 6.07. The van der Waals surface area contributed by atoms with Gasteiger partial charge < -0.3 is 9.15 Å². The molecular formula is C28H22Cl2N2O4S. The summed E-state index contributed by atoms with van der Waals surface area (Å²) in [6.07, 6.45) is 1.69. The van der Waals surface area contributed by atoms with Gasteiger partial charge in [-0.15, -0.1) is 0 Å². The summed E-state index contributed by atoms with van der Waals surface area (Å²) >= 11 is 13.5. The van der Waals surface area contributed by atoms with Crippen LogP contribution in [0.2, 0.25) is 10.0 Å². The van der Waals surface area contributed by atoms with Gasteiger partial charge in [0.1, 0.15) is 11.5 Å². The molecule has 0 saturated heterocycles. The second-order valence-corrected chi connectivity index (χ2v) is 10.4. The van der Waals surface area contributed by atoms with E-state index in [1.807, 2.05) is 31.2 Å². The Hall–Kier alpha value is -3.39. The van der Waals surface area contributed by atoms with Gasteiger partial charge in [-0.1, -0.05) is 52.7 Å². The molecule has 0 N–H and O–H groups in total. The van der Waals surface area contributed by atoms with Crippen molar-refractivity contribution in [2.75, 3.05) is 6.61 Å². The first-order valence-electron chi connectivity index (χ1n) is 11.6. The Morgan fingerprint density at radius 3 is 2.57 bits per heavy atom. The quantitative estimate of drug-likeness (QED) is 0.299. The number of hydrogen-bond acceptors (Lipinski definition) is 6. The lowest BCUT2D eigenvalue weighted by molar-refractivity contribution is -0.139. The van der Waals surface area contributed by atoms with E-state index in [0.717, 1.165) is 16.7 Å². The molecule has 0 fully saturated rings. The molecule has 1 aliphatic heterocycles. The van der Waals surface area contributed by atoms with Crippen LogP contribution in [0.5, 0.6) is 0 Å². The summed E-state index contributed by atoms with van der Waals surface area (Å²) in [4.78, 5) is 31.7. The zero-order valence-corrected chi connectivity index (χ0v) is 22.6. The average Bonchev–Trinajstić information content (AvgIpc) is 3.45. The number of fused-ring (bicyclic) bond motifs is 1. The topological polar surface area (TPSA) is 73.8 Å². The SMILES string of the molecule is CCOC(=O)C1=C(C)N=c2s/c(=C\c3ccc(-c4cc(Cl)ccc4C)o3)c(=O)n2[C@H]1c1ccc(Cl)cc1. The van der Waals surface area contributed by atoms with Gasteiger partial charge in [0.05, 0.1) is 28.5 Å². The highest BCUT2D eigenvalue weighted by atomic mass is 35.5. The average molecular weight is 553 g/mol. The highest BCUT2D eigenvalue weighted by molar-refractivity contribution is 7.07. The standard InChI is InChI=1S/C28H22Cl2N2O4S/c1-4-35-27(34)24-16(3)31-28-32(25(24)17-6-9-18(29)10-7-17)26(33)23(37-28)14-20-11-12-22(36-20)21-13-19(30)8-5-15(21)2/h5-14,25H,4H2,1-3H3/b23-14-/t25-/m0/s1. The molecule has 9 heteroatoms. The smallest absolute Gasteiger partial charge is 0.338 e. The molecule has 0 saturated carbocycles. The molecule has 2 aromatic heterocycles. The summed E-state index contributed by atoms with van der Waals surface area (Å²) in [5, 5.41) is 1.17. The van der Waals surface area contributed by atoms with Gasteiger partial charge >= 0.3 is 5.97 Å². The van der Waals surface area contributed by atoms with Crippen molar-refractivity contribution >= 4 is 46.6 Å². The summed E-state index contributed by atoms with van der Waals surface area (Å²) in [6.45, 7) is 5.67. The van der Waals surface area contributed by atoms with E-state index in [9.17, 15) is 9.59 Å². The number of carbonyl (C=O) groups excluding carboxylic acids is 1. The second kappa shape index (κ2) is 10.2. The predicted octanol–water partition coefficient (Wildman–Crippen LogP) is 5.67. The van der Waals surface area contributed by atoms with E-state index in [1.54, 1.807) is 50.3 Å². The zero-order valence-electron chi connectivity index (χ0n) is 20.2. The summed E-state index contributed by atoms with van der Waals surface area (Å²) < 4.78 is 13.3. The first-order chi connectivity index (χ1) is 17.8. The molecule has 0 radical (unpaired) electrons. The Kier molecular flexibility index (Phi) is 6.94. The van der Waals surface area contributed by atoms with Crippen molar-refractivity contribution in [3.63, 3.8) is 0 Å². The van der Waals surface area contributed by atoms with E-state index >= 15 is 0 Å². The zero-order chi connectivity index (χ0) is 26.3. The van der Waals surface area contributed by atoms with Crippen LogP contribution in [0.3, 0.4) is 0 Å². The van der Waals surface area contributed by atoms with Crippen molar-refractivity contribution in [3.05, 3.63) is 112 Å².